The van der Waals surface area contributed by atoms with Crippen molar-refractivity contribution in [1.82, 2.24) is 19.9 Å². The van der Waals surface area contributed by atoms with Crippen molar-refractivity contribution in [3.8, 4) is 11.5 Å². The lowest BCUT2D eigenvalue weighted by Crippen LogP contribution is -2.31. The van der Waals surface area contributed by atoms with Gasteiger partial charge in [-0.3, -0.25) is 9.59 Å². The lowest BCUT2D eigenvalue weighted by molar-refractivity contribution is 0.0951. The zero-order valence-corrected chi connectivity index (χ0v) is 11.7. The third-order valence-electron chi connectivity index (χ3n) is 3.16. The Balaban J connectivity index is 1.66. The van der Waals surface area contributed by atoms with Crippen LogP contribution in [0.1, 0.15) is 10.4 Å². The molecule has 22 heavy (non-hydrogen) atoms. The maximum atomic E-state index is 12.0. The molecule has 0 fully saturated rings. The van der Waals surface area contributed by atoms with Gasteiger partial charge in [-0.2, -0.15) is 0 Å². The number of H-pyrrole nitrogens is 1. The molecule has 0 radical (unpaired) electrons. The third-order valence-corrected chi connectivity index (χ3v) is 3.16. The van der Waals surface area contributed by atoms with Gasteiger partial charge in [-0.15, -0.1) is 0 Å². The summed E-state index contributed by atoms with van der Waals surface area (Å²) in [4.78, 5) is 30.6. The summed E-state index contributed by atoms with van der Waals surface area (Å²) in [6, 6.07) is 6.59. The van der Waals surface area contributed by atoms with Crippen LogP contribution in [0.25, 0.3) is 11.5 Å². The van der Waals surface area contributed by atoms with Crippen molar-refractivity contribution < 1.29 is 9.21 Å². The van der Waals surface area contributed by atoms with Gasteiger partial charge in [0.2, 0.25) is 0 Å². The van der Waals surface area contributed by atoms with Gasteiger partial charge < -0.3 is 19.3 Å². The minimum Gasteiger partial charge on any atom is -0.463 e. The molecule has 0 aliphatic heterocycles. The van der Waals surface area contributed by atoms with Crippen LogP contribution in [0.5, 0.6) is 0 Å². The number of carbonyl (C=O) groups is 1. The summed E-state index contributed by atoms with van der Waals surface area (Å²) in [6.07, 6.45) is 6.65. The Morgan fingerprint density at radius 1 is 1.36 bits per heavy atom. The van der Waals surface area contributed by atoms with Crippen LogP contribution in [0.2, 0.25) is 0 Å². The molecule has 7 heteroatoms. The summed E-state index contributed by atoms with van der Waals surface area (Å²) in [7, 11) is 0. The maximum Gasteiger partial charge on any atom is 0.261 e. The molecule has 0 saturated heterocycles. The lowest BCUT2D eigenvalue weighted by atomic mass is 10.2. The number of carbonyl (C=O) groups excluding carboxylic acids is 1. The van der Waals surface area contributed by atoms with Crippen LogP contribution in [0, 0.1) is 0 Å². The number of furan rings is 1. The van der Waals surface area contributed by atoms with Crippen molar-refractivity contribution in [3.63, 3.8) is 0 Å². The second-order valence-electron chi connectivity index (χ2n) is 4.65. The summed E-state index contributed by atoms with van der Waals surface area (Å²) >= 11 is 0. The van der Waals surface area contributed by atoms with Gasteiger partial charge in [0.05, 0.1) is 18.3 Å². The Labute approximate surface area is 125 Å². The highest BCUT2D eigenvalue weighted by Gasteiger charge is 2.11. The Morgan fingerprint density at radius 2 is 2.27 bits per heavy atom. The summed E-state index contributed by atoms with van der Waals surface area (Å²) in [5.74, 6) is 0.136. The molecule has 112 valence electrons. The predicted octanol–water partition coefficient (Wildman–Crippen LogP) is 1.26. The van der Waals surface area contributed by atoms with Crippen LogP contribution in [-0.4, -0.2) is 27.0 Å². The van der Waals surface area contributed by atoms with Crippen molar-refractivity contribution in [3.05, 3.63) is 65.2 Å². The summed E-state index contributed by atoms with van der Waals surface area (Å²) < 4.78 is 7.04. The van der Waals surface area contributed by atoms with E-state index in [2.05, 4.69) is 15.3 Å². The molecule has 0 atom stereocenters. The fourth-order valence-electron chi connectivity index (χ4n) is 2.04. The van der Waals surface area contributed by atoms with Crippen LogP contribution in [0.4, 0.5) is 0 Å². The zero-order chi connectivity index (χ0) is 15.4. The average molecular weight is 298 g/mol. The van der Waals surface area contributed by atoms with Crippen LogP contribution in [-0.2, 0) is 6.54 Å². The molecule has 0 aliphatic rings. The number of imidazole rings is 1. The Morgan fingerprint density at radius 3 is 2.95 bits per heavy atom. The quantitative estimate of drug-likeness (QED) is 0.741. The molecule has 3 aromatic rings. The van der Waals surface area contributed by atoms with E-state index in [-0.39, 0.29) is 5.56 Å². The van der Waals surface area contributed by atoms with Gasteiger partial charge in [-0.1, -0.05) is 0 Å². The topological polar surface area (TPSA) is 92.9 Å². The maximum absolute atomic E-state index is 12.0. The van der Waals surface area contributed by atoms with Crippen molar-refractivity contribution >= 4 is 5.91 Å². The highest BCUT2D eigenvalue weighted by atomic mass is 16.3. The highest BCUT2D eigenvalue weighted by Crippen LogP contribution is 2.15. The van der Waals surface area contributed by atoms with E-state index < -0.39 is 11.5 Å². The first-order valence-corrected chi connectivity index (χ1v) is 6.75. The van der Waals surface area contributed by atoms with Gasteiger partial charge in [0.15, 0.2) is 0 Å². The minimum atomic E-state index is -0.450. The fourth-order valence-corrected chi connectivity index (χ4v) is 2.04. The number of aromatic nitrogens is 3. The third kappa shape index (κ3) is 2.98. The van der Waals surface area contributed by atoms with E-state index in [9.17, 15) is 9.59 Å². The molecular weight excluding hydrogens is 284 g/mol. The summed E-state index contributed by atoms with van der Waals surface area (Å²) in [5, 5.41) is 2.70. The first-order chi connectivity index (χ1) is 10.7. The molecule has 3 rings (SSSR count). The summed E-state index contributed by atoms with van der Waals surface area (Å²) in [6.45, 7) is 1.00. The molecule has 2 N–H and O–H groups in total. The Bertz CT molecular complexity index is 804. The number of rotatable bonds is 5. The molecule has 0 bridgehead atoms. The highest BCUT2D eigenvalue weighted by molar-refractivity contribution is 5.93. The fraction of sp³-hybridized carbons (Fsp3) is 0.133. The molecule has 3 heterocycles. The van der Waals surface area contributed by atoms with E-state index in [1.165, 1.54) is 12.3 Å². The monoisotopic (exact) mass is 298 g/mol. The first kappa shape index (κ1) is 13.9. The van der Waals surface area contributed by atoms with Gasteiger partial charge in [0.25, 0.3) is 11.5 Å². The van der Waals surface area contributed by atoms with Crippen molar-refractivity contribution in [2.24, 2.45) is 0 Å². The van der Waals surface area contributed by atoms with Crippen LogP contribution in [0.15, 0.2) is 58.5 Å². The van der Waals surface area contributed by atoms with Gasteiger partial charge in [0.1, 0.15) is 11.3 Å². The Hall–Kier alpha value is -3.09. The number of aromatic amines is 1. The smallest absolute Gasteiger partial charge is 0.261 e. The molecule has 0 saturated carbocycles. The number of nitrogens with zero attached hydrogens (tertiary/aromatic N) is 2. The van der Waals surface area contributed by atoms with E-state index in [1.54, 1.807) is 36.9 Å². The normalized spacial score (nSPS) is 10.5. The second kappa shape index (κ2) is 6.13. The van der Waals surface area contributed by atoms with E-state index in [0.717, 1.165) is 0 Å². The minimum absolute atomic E-state index is 0.0703. The summed E-state index contributed by atoms with van der Waals surface area (Å²) in [5.41, 5.74) is 0.153. The van der Waals surface area contributed by atoms with E-state index in [0.29, 0.717) is 24.5 Å². The SMILES string of the molecule is O=C(NCCn1ccnc1)c1ccc(-c2ccco2)[nH]c1=O. The molecule has 0 unspecified atom stereocenters. The van der Waals surface area contributed by atoms with Gasteiger partial charge in [-0.05, 0) is 24.3 Å². The van der Waals surface area contributed by atoms with Crippen molar-refractivity contribution in [1.29, 1.82) is 0 Å². The average Bonchev–Trinajstić information content (AvgIpc) is 3.20. The number of hydrogen-bond donors (Lipinski definition) is 2. The van der Waals surface area contributed by atoms with Crippen molar-refractivity contribution in [2.75, 3.05) is 6.54 Å². The van der Waals surface area contributed by atoms with Crippen LogP contribution in [0.3, 0.4) is 0 Å². The number of amides is 1. The Kier molecular flexibility index (Phi) is 3.86. The second-order valence-corrected chi connectivity index (χ2v) is 4.65. The zero-order valence-electron chi connectivity index (χ0n) is 11.7. The lowest BCUT2D eigenvalue weighted by Gasteiger charge is -2.06. The van der Waals surface area contributed by atoms with Crippen molar-refractivity contribution in [2.45, 2.75) is 6.54 Å². The first-order valence-electron chi connectivity index (χ1n) is 6.75. The predicted molar refractivity (Wildman–Crippen MR) is 79.3 cm³/mol. The molecule has 0 aromatic carbocycles. The largest absolute Gasteiger partial charge is 0.463 e. The molecule has 0 spiro atoms. The number of nitrogens with one attached hydrogen (secondary N) is 2. The molecule has 3 aromatic heterocycles. The van der Waals surface area contributed by atoms with Gasteiger partial charge in [-0.25, -0.2) is 4.98 Å². The molecular formula is C15H14N4O3. The van der Waals surface area contributed by atoms with Crippen LogP contribution >= 0.6 is 0 Å². The number of pyridine rings is 1. The molecule has 0 aliphatic carbocycles. The number of hydrogen-bond acceptors (Lipinski definition) is 4. The van der Waals surface area contributed by atoms with E-state index in [1.807, 2.05) is 4.57 Å². The van der Waals surface area contributed by atoms with E-state index >= 15 is 0 Å². The van der Waals surface area contributed by atoms with Gasteiger partial charge in [0, 0.05) is 25.5 Å². The standard InChI is InChI=1S/C15H14N4O3/c20-14(17-6-8-19-7-5-16-10-19)11-3-4-12(18-15(11)21)13-2-1-9-22-13/h1-5,7,9-10H,6,8H2,(H,17,20)(H,18,21). The molecule has 1 amide bonds. The molecule has 7 nitrogen and oxygen atoms in total. The van der Waals surface area contributed by atoms with Crippen LogP contribution < -0.4 is 10.9 Å². The van der Waals surface area contributed by atoms with E-state index in [4.69, 9.17) is 4.42 Å². The van der Waals surface area contributed by atoms with Gasteiger partial charge >= 0.3 is 0 Å².